The lowest BCUT2D eigenvalue weighted by molar-refractivity contribution is 0.0500. The van der Waals surface area contributed by atoms with Crippen molar-refractivity contribution in [3.05, 3.63) is 60.2 Å². The second kappa shape index (κ2) is 7.91. The summed E-state index contributed by atoms with van der Waals surface area (Å²) in [4.78, 5) is 23.9. The van der Waals surface area contributed by atoms with Crippen molar-refractivity contribution in [1.82, 2.24) is 0 Å². The van der Waals surface area contributed by atoms with Gasteiger partial charge in [0.1, 0.15) is 13.2 Å². The molecule has 0 radical (unpaired) electrons. The van der Waals surface area contributed by atoms with Crippen LogP contribution in [0.5, 0.6) is 0 Å². The molecule has 0 atom stereocenters. The monoisotopic (exact) mass is 276 g/mol. The highest BCUT2D eigenvalue weighted by atomic mass is 16.5. The Morgan fingerprint density at radius 3 is 2.25 bits per heavy atom. The summed E-state index contributed by atoms with van der Waals surface area (Å²) < 4.78 is 9.82. The average Bonchev–Trinajstić information content (AvgIpc) is 2.49. The van der Waals surface area contributed by atoms with Crippen molar-refractivity contribution in [2.75, 3.05) is 13.2 Å². The van der Waals surface area contributed by atoms with E-state index in [0.717, 1.165) is 0 Å². The second-order valence-electron chi connectivity index (χ2n) is 3.77. The normalized spacial score (nSPS) is 9.65. The Balaban J connectivity index is 3.15. The summed E-state index contributed by atoms with van der Waals surface area (Å²) in [6.07, 6.45) is 2.83. The van der Waals surface area contributed by atoms with Crippen molar-refractivity contribution in [3.8, 4) is 0 Å². The van der Waals surface area contributed by atoms with Gasteiger partial charge >= 0.3 is 11.9 Å². The van der Waals surface area contributed by atoms with Crippen LogP contribution in [0.25, 0.3) is 0 Å². The van der Waals surface area contributed by atoms with Gasteiger partial charge in [-0.15, -0.1) is 0 Å². The Morgan fingerprint density at radius 2 is 1.70 bits per heavy atom. The summed E-state index contributed by atoms with van der Waals surface area (Å²) >= 11 is 0. The molecule has 1 rings (SSSR count). The molecule has 0 amide bonds. The number of rotatable bonds is 7. The van der Waals surface area contributed by atoms with Crippen LogP contribution < -0.4 is 0 Å². The van der Waals surface area contributed by atoms with Crippen LogP contribution in [-0.2, 0) is 16.1 Å². The van der Waals surface area contributed by atoms with Crippen LogP contribution in [0.15, 0.2) is 43.5 Å². The summed E-state index contributed by atoms with van der Waals surface area (Å²) in [5.41, 5.74) is 0.352. The third-order valence-corrected chi connectivity index (χ3v) is 2.41. The first-order valence-corrected chi connectivity index (χ1v) is 5.94. The number of aliphatic hydroxyl groups excluding tert-OH is 1. The minimum atomic E-state index is -0.708. The van der Waals surface area contributed by atoms with Crippen LogP contribution in [0.2, 0.25) is 0 Å². The van der Waals surface area contributed by atoms with Gasteiger partial charge in [-0.25, -0.2) is 9.59 Å². The maximum absolute atomic E-state index is 12.0. The number of ether oxygens (including phenoxy) is 2. The fourth-order valence-electron chi connectivity index (χ4n) is 1.56. The molecule has 0 aliphatic heterocycles. The molecule has 0 aliphatic carbocycles. The van der Waals surface area contributed by atoms with Crippen molar-refractivity contribution in [3.63, 3.8) is 0 Å². The lowest BCUT2D eigenvalue weighted by Crippen LogP contribution is -2.16. The van der Waals surface area contributed by atoms with E-state index in [2.05, 4.69) is 13.2 Å². The number of aliphatic hydroxyl groups is 1. The summed E-state index contributed by atoms with van der Waals surface area (Å²) in [5.74, 6) is -1.38. The van der Waals surface area contributed by atoms with E-state index in [1.54, 1.807) is 6.07 Å². The van der Waals surface area contributed by atoms with E-state index in [1.165, 1.54) is 24.3 Å². The number of hydrogen-bond donors (Lipinski definition) is 1. The molecular formula is C15H16O5. The number of hydrogen-bond acceptors (Lipinski definition) is 5. The molecule has 106 valence electrons. The number of benzene rings is 1. The largest absolute Gasteiger partial charge is 0.458 e. The molecule has 0 aromatic heterocycles. The van der Waals surface area contributed by atoms with Crippen LogP contribution in [-0.4, -0.2) is 30.3 Å². The molecule has 0 bridgehead atoms. The van der Waals surface area contributed by atoms with E-state index in [9.17, 15) is 14.7 Å². The van der Waals surface area contributed by atoms with Crippen molar-refractivity contribution < 1.29 is 24.2 Å². The standard InChI is InChI=1S/C15H16O5/c1-3-8-19-14(17)12-7-5-6-11(10-16)13(12)15(18)20-9-4-2/h3-7,16H,1-2,8-10H2. The van der Waals surface area contributed by atoms with E-state index >= 15 is 0 Å². The molecule has 1 aromatic rings. The zero-order valence-corrected chi connectivity index (χ0v) is 11.0. The second-order valence-corrected chi connectivity index (χ2v) is 3.77. The Hall–Kier alpha value is -2.40. The molecule has 20 heavy (non-hydrogen) atoms. The van der Waals surface area contributed by atoms with E-state index in [1.807, 2.05) is 0 Å². The van der Waals surface area contributed by atoms with Gasteiger partial charge in [-0.05, 0) is 11.6 Å². The highest BCUT2D eigenvalue weighted by Crippen LogP contribution is 2.18. The molecule has 0 spiro atoms. The Kier molecular flexibility index (Phi) is 6.19. The quantitative estimate of drug-likeness (QED) is 0.608. The molecule has 0 heterocycles. The molecule has 5 nitrogen and oxygen atoms in total. The van der Waals surface area contributed by atoms with Gasteiger partial charge in [-0.1, -0.05) is 37.4 Å². The third-order valence-electron chi connectivity index (χ3n) is 2.41. The van der Waals surface area contributed by atoms with Gasteiger partial charge < -0.3 is 14.6 Å². The SMILES string of the molecule is C=CCOC(=O)c1cccc(CO)c1C(=O)OCC=C. The van der Waals surface area contributed by atoms with Crippen LogP contribution in [0, 0.1) is 0 Å². The van der Waals surface area contributed by atoms with Crippen molar-refractivity contribution in [1.29, 1.82) is 0 Å². The molecule has 0 aliphatic rings. The zero-order chi connectivity index (χ0) is 15.0. The lowest BCUT2D eigenvalue weighted by Gasteiger charge is -2.11. The summed E-state index contributed by atoms with van der Waals surface area (Å²) in [5, 5.41) is 9.28. The smallest absolute Gasteiger partial charge is 0.339 e. The van der Waals surface area contributed by atoms with E-state index in [-0.39, 0.29) is 30.9 Å². The Labute approximate surface area is 117 Å². The summed E-state index contributed by atoms with van der Waals surface area (Å²) in [6.45, 7) is 6.53. The minimum Gasteiger partial charge on any atom is -0.458 e. The van der Waals surface area contributed by atoms with Crippen molar-refractivity contribution in [2.24, 2.45) is 0 Å². The summed E-state index contributed by atoms with van der Waals surface area (Å²) in [6, 6.07) is 4.53. The maximum Gasteiger partial charge on any atom is 0.339 e. The van der Waals surface area contributed by atoms with Crippen LogP contribution in [0.4, 0.5) is 0 Å². The molecular weight excluding hydrogens is 260 g/mol. The molecule has 0 saturated heterocycles. The van der Waals surface area contributed by atoms with Crippen LogP contribution in [0.3, 0.4) is 0 Å². The van der Waals surface area contributed by atoms with E-state index in [0.29, 0.717) is 5.56 Å². The number of carbonyl (C=O) groups excluding carboxylic acids is 2. The average molecular weight is 276 g/mol. The number of esters is 2. The Bertz CT molecular complexity index is 519. The first-order chi connectivity index (χ1) is 9.65. The maximum atomic E-state index is 12.0. The highest BCUT2D eigenvalue weighted by Gasteiger charge is 2.22. The first-order valence-electron chi connectivity index (χ1n) is 5.94. The van der Waals surface area contributed by atoms with Gasteiger partial charge in [0.2, 0.25) is 0 Å². The van der Waals surface area contributed by atoms with Gasteiger partial charge in [0.05, 0.1) is 17.7 Å². The summed E-state index contributed by atoms with van der Waals surface area (Å²) in [7, 11) is 0. The third kappa shape index (κ3) is 3.80. The van der Waals surface area contributed by atoms with Crippen LogP contribution in [0.1, 0.15) is 26.3 Å². The zero-order valence-electron chi connectivity index (χ0n) is 11.0. The molecule has 1 N–H and O–H groups in total. The molecule has 0 unspecified atom stereocenters. The van der Waals surface area contributed by atoms with Gasteiger partial charge in [-0.3, -0.25) is 0 Å². The fourth-order valence-corrected chi connectivity index (χ4v) is 1.56. The highest BCUT2D eigenvalue weighted by molar-refractivity contribution is 6.04. The predicted octanol–water partition coefficient (Wildman–Crippen LogP) is 1.86. The van der Waals surface area contributed by atoms with Crippen molar-refractivity contribution >= 4 is 11.9 Å². The molecule has 5 heteroatoms. The molecule has 0 saturated carbocycles. The van der Waals surface area contributed by atoms with Crippen LogP contribution >= 0.6 is 0 Å². The van der Waals surface area contributed by atoms with Gasteiger partial charge in [0.25, 0.3) is 0 Å². The lowest BCUT2D eigenvalue weighted by atomic mass is 10.0. The van der Waals surface area contributed by atoms with E-state index < -0.39 is 11.9 Å². The van der Waals surface area contributed by atoms with Gasteiger partial charge in [0.15, 0.2) is 0 Å². The van der Waals surface area contributed by atoms with E-state index in [4.69, 9.17) is 9.47 Å². The van der Waals surface area contributed by atoms with Crippen molar-refractivity contribution in [2.45, 2.75) is 6.61 Å². The minimum absolute atomic E-state index is 0.00547. The fraction of sp³-hybridized carbons (Fsp3) is 0.200. The predicted molar refractivity (Wildman–Crippen MR) is 73.3 cm³/mol. The number of carbonyl (C=O) groups is 2. The topological polar surface area (TPSA) is 72.8 Å². The van der Waals surface area contributed by atoms with Gasteiger partial charge in [-0.2, -0.15) is 0 Å². The van der Waals surface area contributed by atoms with Gasteiger partial charge in [0, 0.05) is 0 Å². The Morgan fingerprint density at radius 1 is 1.10 bits per heavy atom. The molecule has 0 fully saturated rings. The first kappa shape index (κ1) is 15.7. The molecule has 1 aromatic carbocycles.